The Hall–Kier alpha value is -2.45. The van der Waals surface area contributed by atoms with Gasteiger partial charge in [0.05, 0.1) is 19.2 Å². The van der Waals surface area contributed by atoms with Gasteiger partial charge in [0.25, 0.3) is 5.91 Å². The van der Waals surface area contributed by atoms with Crippen molar-refractivity contribution in [3.63, 3.8) is 0 Å². The molecule has 2 rings (SSSR count). The van der Waals surface area contributed by atoms with E-state index in [2.05, 4.69) is 67.7 Å². The zero-order valence-electron chi connectivity index (χ0n) is 28.9. The average Bonchev–Trinajstić information content (AvgIpc) is 3.52. The number of methoxy groups -OCH3 is 1. The third-order valence-corrected chi connectivity index (χ3v) is 7.90. The van der Waals surface area contributed by atoms with E-state index in [-0.39, 0.29) is 17.7 Å². The van der Waals surface area contributed by atoms with Crippen LogP contribution in [-0.4, -0.2) is 73.1 Å². The number of ketones is 1. The van der Waals surface area contributed by atoms with Gasteiger partial charge in [0, 0.05) is 37.0 Å². The maximum absolute atomic E-state index is 14.0. The lowest BCUT2D eigenvalue weighted by Crippen LogP contribution is -2.55. The summed E-state index contributed by atoms with van der Waals surface area (Å²) in [6.07, 6.45) is 13.6. The van der Waals surface area contributed by atoms with Gasteiger partial charge in [0.1, 0.15) is 6.04 Å². The molecule has 0 aromatic carbocycles. The molecule has 1 saturated carbocycles. The fourth-order valence-electron chi connectivity index (χ4n) is 5.39. The Bertz CT molecular complexity index is 893. The number of likely N-dealkylation sites (tertiary alicyclic amines) is 1. The van der Waals surface area contributed by atoms with E-state index in [1.807, 2.05) is 18.7 Å². The van der Waals surface area contributed by atoms with E-state index < -0.39 is 29.8 Å². The molecule has 4 unspecified atom stereocenters. The Kier molecular flexibility index (Phi) is 27.6. The lowest BCUT2D eigenvalue weighted by atomic mass is 9.83. The van der Waals surface area contributed by atoms with Crippen molar-refractivity contribution >= 4 is 40.8 Å². The van der Waals surface area contributed by atoms with Crippen molar-refractivity contribution < 1.29 is 19.1 Å². The van der Waals surface area contributed by atoms with Gasteiger partial charge in [-0.25, -0.2) is 0 Å². The van der Waals surface area contributed by atoms with Crippen molar-refractivity contribution in [3.8, 4) is 0 Å². The molecule has 1 aliphatic heterocycles. The van der Waals surface area contributed by atoms with Crippen LogP contribution in [0, 0.1) is 11.8 Å². The summed E-state index contributed by atoms with van der Waals surface area (Å²) in [5.74, 6) is -0.451. The second kappa shape index (κ2) is 27.8. The van der Waals surface area contributed by atoms with Gasteiger partial charge in [-0.2, -0.15) is 0 Å². The minimum absolute atomic E-state index is 0.0326. The summed E-state index contributed by atoms with van der Waals surface area (Å²) in [6, 6.07) is -1.68. The number of carbonyl (C=O) groups is 3. The van der Waals surface area contributed by atoms with Crippen molar-refractivity contribution in [1.82, 2.24) is 20.9 Å². The fraction of sp³-hybridized carbons (Fsp3) is 0.686. The zero-order valence-corrected chi connectivity index (χ0v) is 30.4. The molecule has 260 valence electrons. The van der Waals surface area contributed by atoms with Crippen LogP contribution in [0.1, 0.15) is 91.9 Å². The van der Waals surface area contributed by atoms with Crippen LogP contribution < -0.4 is 16.0 Å². The van der Waals surface area contributed by atoms with Crippen LogP contribution in [-0.2, 0) is 19.1 Å². The molecule has 45 heavy (non-hydrogen) atoms. The summed E-state index contributed by atoms with van der Waals surface area (Å²) in [4.78, 5) is 41.4. The van der Waals surface area contributed by atoms with Crippen LogP contribution >= 0.6 is 23.2 Å². The number of nitrogens with one attached hydrogen (secondary N) is 3. The molecule has 0 aromatic rings. The molecule has 0 spiro atoms. The molecular weight excluding hydrogens is 611 g/mol. The molecule has 0 radical (unpaired) electrons. The van der Waals surface area contributed by atoms with Gasteiger partial charge in [0.15, 0.2) is 5.88 Å². The Balaban J connectivity index is 0. The first-order valence-electron chi connectivity index (χ1n) is 16.4. The largest absolute Gasteiger partial charge is 0.483 e. The van der Waals surface area contributed by atoms with E-state index >= 15 is 0 Å². The molecule has 3 N–H and O–H groups in total. The Morgan fingerprint density at radius 1 is 0.978 bits per heavy atom. The number of halogens is 2. The van der Waals surface area contributed by atoms with Crippen LogP contribution in [0.4, 0.5) is 0 Å². The molecule has 0 bridgehead atoms. The molecule has 2 amide bonds. The van der Waals surface area contributed by atoms with Gasteiger partial charge in [-0.1, -0.05) is 72.1 Å². The topological polar surface area (TPSA) is 99.8 Å². The van der Waals surface area contributed by atoms with E-state index in [1.54, 1.807) is 12.2 Å². The summed E-state index contributed by atoms with van der Waals surface area (Å²) in [6.45, 7) is 24.6. The maximum atomic E-state index is 14.0. The number of allylic oxidation sites excluding steroid dienone is 1. The second-order valence-electron chi connectivity index (χ2n) is 10.8. The predicted molar refractivity (Wildman–Crippen MR) is 191 cm³/mol. The normalized spacial score (nSPS) is 18.4. The van der Waals surface area contributed by atoms with Crippen LogP contribution in [0.15, 0.2) is 50.0 Å². The predicted octanol–water partition coefficient (Wildman–Crippen LogP) is 7.10. The first-order valence-corrected chi connectivity index (χ1v) is 17.7. The number of nitrogens with zero attached hydrogens (tertiary/aromatic N) is 1. The fourth-order valence-corrected chi connectivity index (χ4v) is 5.72. The molecule has 2 fully saturated rings. The van der Waals surface area contributed by atoms with Gasteiger partial charge in [0.2, 0.25) is 11.7 Å². The van der Waals surface area contributed by atoms with E-state index in [0.29, 0.717) is 49.8 Å². The average molecular weight is 674 g/mol. The van der Waals surface area contributed by atoms with Crippen LogP contribution in [0.25, 0.3) is 0 Å². The van der Waals surface area contributed by atoms with Gasteiger partial charge < -0.3 is 25.6 Å². The van der Waals surface area contributed by atoms with E-state index in [4.69, 9.17) is 16.3 Å². The minimum Gasteiger partial charge on any atom is -0.483 e. The molecule has 1 heterocycles. The first-order chi connectivity index (χ1) is 21.7. The Morgan fingerprint density at radius 3 is 2.07 bits per heavy atom. The van der Waals surface area contributed by atoms with Crippen LogP contribution in [0.2, 0.25) is 0 Å². The zero-order chi connectivity index (χ0) is 34.8. The van der Waals surface area contributed by atoms with Crippen molar-refractivity contribution in [2.75, 3.05) is 32.5 Å². The number of hydrogen-bond acceptors (Lipinski definition) is 6. The van der Waals surface area contributed by atoms with Gasteiger partial charge in [-0.05, 0) is 51.0 Å². The van der Waals surface area contributed by atoms with Crippen molar-refractivity contribution in [2.45, 2.75) is 110 Å². The van der Waals surface area contributed by atoms with Crippen molar-refractivity contribution in [3.05, 3.63) is 50.0 Å². The van der Waals surface area contributed by atoms with Gasteiger partial charge in [-0.15, -0.1) is 36.4 Å². The Labute approximate surface area is 284 Å². The number of hydrogen-bond donors (Lipinski definition) is 3. The number of ether oxygens (including phenoxy) is 1. The molecule has 2 aliphatic rings. The number of alkyl halides is 2. The standard InChI is InChI=1S/C29H45ClN4O4.C3H8.C2H6.CH3Cl/c1-6-8-15-24(27(35)28(36)31-17-9-7-2)32-20(3)26-23(19-30)16-18-34(26)29(37)25(33-21(4)38-5)22-13-11-10-12-14-22;1-3-2;2*1-2/h6-7,22-26,32-33H,1-4,8-19H2,5H3,(H,31,36);3H2,1-2H3;1-2H3;1H3. The number of amides is 2. The minimum atomic E-state index is -0.793. The van der Waals surface area contributed by atoms with E-state index in [1.165, 1.54) is 26.3 Å². The quantitative estimate of drug-likeness (QED) is 0.0501. The highest BCUT2D eigenvalue weighted by Gasteiger charge is 2.43. The van der Waals surface area contributed by atoms with Gasteiger partial charge >= 0.3 is 0 Å². The number of rotatable bonds is 17. The molecule has 0 aromatic heterocycles. The molecule has 10 heteroatoms. The molecule has 1 aliphatic carbocycles. The smallest absolute Gasteiger partial charge is 0.289 e. The molecular formula is C35H62Cl2N4O4. The summed E-state index contributed by atoms with van der Waals surface area (Å²) in [5.41, 5.74) is 0.510. The van der Waals surface area contributed by atoms with Crippen molar-refractivity contribution in [2.24, 2.45) is 11.8 Å². The highest BCUT2D eigenvalue weighted by molar-refractivity contribution is 6.38. The monoisotopic (exact) mass is 672 g/mol. The maximum Gasteiger partial charge on any atom is 0.289 e. The van der Waals surface area contributed by atoms with Crippen LogP contribution in [0.5, 0.6) is 0 Å². The van der Waals surface area contributed by atoms with Crippen molar-refractivity contribution in [1.29, 1.82) is 0 Å². The SMILES string of the molecule is C=CCCNC(=O)C(=O)C(CCC=C)NC(=C)C1C(CCl)CCN1C(=O)C(NC(=C)OC)C1CCCCC1.CC.CCC.CCl. The van der Waals surface area contributed by atoms with Gasteiger partial charge in [-0.3, -0.25) is 14.4 Å². The lowest BCUT2D eigenvalue weighted by Gasteiger charge is -2.37. The molecule has 1 saturated heterocycles. The molecule has 8 nitrogen and oxygen atoms in total. The summed E-state index contributed by atoms with van der Waals surface area (Å²) in [7, 11) is 1.53. The highest BCUT2D eigenvalue weighted by atomic mass is 35.5. The highest BCUT2D eigenvalue weighted by Crippen LogP contribution is 2.33. The lowest BCUT2D eigenvalue weighted by molar-refractivity contribution is -0.139. The van der Waals surface area contributed by atoms with E-state index in [9.17, 15) is 14.4 Å². The third-order valence-electron chi connectivity index (χ3n) is 7.50. The first kappa shape index (κ1) is 44.7. The summed E-state index contributed by atoms with van der Waals surface area (Å²) < 4.78 is 5.26. The second-order valence-corrected chi connectivity index (χ2v) is 11.1. The third kappa shape index (κ3) is 16.1. The molecule has 4 atom stereocenters. The number of Topliss-reactive ketones (excluding diaryl/α,β-unsaturated/α-hetero) is 1. The number of carbonyl (C=O) groups excluding carboxylic acids is 3. The van der Waals surface area contributed by atoms with Crippen LogP contribution in [0.3, 0.4) is 0 Å². The summed E-state index contributed by atoms with van der Waals surface area (Å²) in [5, 5.41) is 9.05. The van der Waals surface area contributed by atoms with E-state index in [0.717, 1.165) is 32.1 Å². The Morgan fingerprint density at radius 2 is 1.56 bits per heavy atom. The summed E-state index contributed by atoms with van der Waals surface area (Å²) >= 11 is 11.0.